The zero-order valence-electron chi connectivity index (χ0n) is 9.00. The number of hydrogen-bond donors (Lipinski definition) is 1. The van der Waals surface area contributed by atoms with Gasteiger partial charge in [-0.25, -0.2) is 8.78 Å². The molecule has 1 aromatic rings. The van der Waals surface area contributed by atoms with Crippen molar-refractivity contribution in [2.45, 2.75) is 19.0 Å². The molecule has 19 heavy (non-hydrogen) atoms. The van der Waals surface area contributed by atoms with Crippen LogP contribution in [0.15, 0.2) is 6.20 Å². The van der Waals surface area contributed by atoms with Crippen LogP contribution >= 0.6 is 0 Å². The van der Waals surface area contributed by atoms with E-state index >= 15 is 0 Å². The Morgan fingerprint density at radius 1 is 1.47 bits per heavy atom. The van der Waals surface area contributed by atoms with Crippen LogP contribution in [-0.4, -0.2) is 16.1 Å². The van der Waals surface area contributed by atoms with Crippen LogP contribution in [0, 0.1) is 11.3 Å². The quantitative estimate of drug-likeness (QED) is 0.863. The van der Waals surface area contributed by atoms with Gasteiger partial charge in [0.25, 0.3) is 6.43 Å². The minimum absolute atomic E-state index is 0.103. The van der Waals surface area contributed by atoms with Crippen molar-refractivity contribution in [2.75, 3.05) is 0 Å². The Balaban J connectivity index is 3.60. The van der Waals surface area contributed by atoms with Crippen LogP contribution in [0.1, 0.15) is 28.8 Å². The molecule has 0 bridgehead atoms. The molecule has 0 saturated carbocycles. The molecule has 0 spiro atoms. The van der Waals surface area contributed by atoms with Crippen LogP contribution in [0.2, 0.25) is 0 Å². The molecular weight excluding hydrogens is 275 g/mol. The number of nitriles is 1. The molecule has 0 aromatic carbocycles. The fraction of sp³-hybridized carbons (Fsp3) is 0.300. The summed E-state index contributed by atoms with van der Waals surface area (Å²) in [5, 5.41) is 17.2. The van der Waals surface area contributed by atoms with E-state index in [1.54, 1.807) is 0 Å². The molecule has 0 atom stereocenters. The Kier molecular flexibility index (Phi) is 4.04. The molecule has 0 aliphatic heterocycles. The Morgan fingerprint density at radius 3 is 2.42 bits per heavy atom. The van der Waals surface area contributed by atoms with Crippen molar-refractivity contribution in [1.82, 2.24) is 4.98 Å². The maximum Gasteiger partial charge on any atom is 0.419 e. The molecule has 0 saturated heterocycles. The predicted octanol–water partition coefficient (Wildman–Crippen LogP) is 2.54. The summed E-state index contributed by atoms with van der Waals surface area (Å²) in [6.45, 7) is 0. The lowest BCUT2D eigenvalue weighted by atomic mass is 9.99. The molecule has 4 nitrogen and oxygen atoms in total. The summed E-state index contributed by atoms with van der Waals surface area (Å²) in [6, 6.07) is 1.11. The lowest BCUT2D eigenvalue weighted by molar-refractivity contribution is -0.139. The van der Waals surface area contributed by atoms with E-state index in [2.05, 4.69) is 4.98 Å². The summed E-state index contributed by atoms with van der Waals surface area (Å²) in [6.07, 6.45) is -9.29. The standard InChI is InChI=1S/C10H5F5N2O2/c11-9(12)8-4(1-7(18)19)5(2-16)6(3-17-8)10(13,14)15/h3,9H,1H2,(H,18,19). The predicted molar refractivity (Wildman–Crippen MR) is 50.3 cm³/mol. The third-order valence-electron chi connectivity index (χ3n) is 2.16. The molecule has 102 valence electrons. The Labute approximate surface area is 103 Å². The van der Waals surface area contributed by atoms with Gasteiger partial charge < -0.3 is 5.11 Å². The molecule has 1 rings (SSSR count). The van der Waals surface area contributed by atoms with Gasteiger partial charge in [0.15, 0.2) is 0 Å². The van der Waals surface area contributed by atoms with E-state index in [9.17, 15) is 26.7 Å². The van der Waals surface area contributed by atoms with Crippen LogP contribution in [-0.2, 0) is 17.4 Å². The molecule has 0 aliphatic rings. The fourth-order valence-corrected chi connectivity index (χ4v) is 1.43. The molecule has 9 heteroatoms. The van der Waals surface area contributed by atoms with E-state index in [0.29, 0.717) is 0 Å². The van der Waals surface area contributed by atoms with Crippen LogP contribution in [0.25, 0.3) is 0 Å². The number of rotatable bonds is 3. The average Bonchev–Trinajstić information content (AvgIpc) is 2.25. The van der Waals surface area contributed by atoms with Crippen LogP contribution < -0.4 is 0 Å². The highest BCUT2D eigenvalue weighted by molar-refractivity contribution is 5.72. The average molecular weight is 280 g/mol. The molecular formula is C10H5F5N2O2. The summed E-state index contributed by atoms with van der Waals surface area (Å²) in [7, 11) is 0. The van der Waals surface area contributed by atoms with Crippen LogP contribution in [0.5, 0.6) is 0 Å². The maximum absolute atomic E-state index is 12.6. The van der Waals surface area contributed by atoms with Gasteiger partial charge >= 0.3 is 12.1 Å². The minimum Gasteiger partial charge on any atom is -0.481 e. The summed E-state index contributed by atoms with van der Waals surface area (Å²) >= 11 is 0. The molecule has 1 heterocycles. The first-order chi connectivity index (χ1) is 8.68. The zero-order valence-corrected chi connectivity index (χ0v) is 9.00. The number of hydrogen-bond acceptors (Lipinski definition) is 3. The van der Waals surface area contributed by atoms with Crippen molar-refractivity contribution in [2.24, 2.45) is 0 Å². The smallest absolute Gasteiger partial charge is 0.419 e. The van der Waals surface area contributed by atoms with Gasteiger partial charge in [0.05, 0.1) is 17.5 Å². The second-order valence-corrected chi connectivity index (χ2v) is 3.39. The van der Waals surface area contributed by atoms with Crippen molar-refractivity contribution in [3.63, 3.8) is 0 Å². The van der Waals surface area contributed by atoms with Gasteiger partial charge in [-0.05, 0) is 0 Å². The Morgan fingerprint density at radius 2 is 2.05 bits per heavy atom. The number of aliphatic carboxylic acids is 1. The van der Waals surface area contributed by atoms with E-state index in [4.69, 9.17) is 10.4 Å². The van der Waals surface area contributed by atoms with Gasteiger partial charge in [0.1, 0.15) is 11.8 Å². The van der Waals surface area contributed by atoms with E-state index in [1.165, 1.54) is 0 Å². The fourth-order valence-electron chi connectivity index (χ4n) is 1.43. The van der Waals surface area contributed by atoms with E-state index in [0.717, 1.165) is 6.07 Å². The van der Waals surface area contributed by atoms with E-state index in [1.807, 2.05) is 0 Å². The van der Waals surface area contributed by atoms with Crippen molar-refractivity contribution >= 4 is 5.97 Å². The first-order valence-corrected chi connectivity index (χ1v) is 4.67. The summed E-state index contributed by atoms with van der Waals surface area (Å²) < 4.78 is 62.8. The zero-order chi connectivity index (χ0) is 14.8. The molecule has 1 aromatic heterocycles. The third kappa shape index (κ3) is 3.15. The highest BCUT2D eigenvalue weighted by Crippen LogP contribution is 2.35. The second-order valence-electron chi connectivity index (χ2n) is 3.39. The number of carboxylic acids is 1. The molecule has 0 radical (unpaired) electrons. The van der Waals surface area contributed by atoms with Gasteiger partial charge in [-0.2, -0.15) is 18.4 Å². The lowest BCUT2D eigenvalue weighted by Crippen LogP contribution is -2.15. The van der Waals surface area contributed by atoms with Gasteiger partial charge in [-0.1, -0.05) is 0 Å². The monoisotopic (exact) mass is 280 g/mol. The normalized spacial score (nSPS) is 11.4. The Hall–Kier alpha value is -2.24. The topological polar surface area (TPSA) is 74.0 Å². The molecule has 0 amide bonds. The number of carboxylic acid groups (broad SMARTS) is 1. The van der Waals surface area contributed by atoms with Crippen molar-refractivity contribution < 1.29 is 31.9 Å². The summed E-state index contributed by atoms with van der Waals surface area (Å²) in [5.41, 5.74) is -4.72. The SMILES string of the molecule is N#Cc1c(C(F)(F)F)cnc(C(F)F)c1CC(=O)O. The number of aromatic nitrogens is 1. The highest BCUT2D eigenvalue weighted by atomic mass is 19.4. The van der Waals surface area contributed by atoms with Crippen molar-refractivity contribution in [1.29, 1.82) is 5.26 Å². The summed E-state index contributed by atoms with van der Waals surface area (Å²) in [5.74, 6) is -1.64. The lowest BCUT2D eigenvalue weighted by Gasteiger charge is -2.14. The van der Waals surface area contributed by atoms with Gasteiger partial charge in [0.2, 0.25) is 0 Å². The summed E-state index contributed by atoms with van der Waals surface area (Å²) in [4.78, 5) is 13.4. The minimum atomic E-state index is -4.98. The first kappa shape index (κ1) is 14.8. The van der Waals surface area contributed by atoms with Crippen LogP contribution in [0.4, 0.5) is 22.0 Å². The second kappa shape index (κ2) is 5.17. The van der Waals surface area contributed by atoms with Gasteiger partial charge in [0, 0.05) is 11.8 Å². The first-order valence-electron chi connectivity index (χ1n) is 4.67. The number of alkyl halides is 5. The van der Waals surface area contributed by atoms with Crippen molar-refractivity contribution in [3.8, 4) is 6.07 Å². The van der Waals surface area contributed by atoms with E-state index < -0.39 is 47.4 Å². The largest absolute Gasteiger partial charge is 0.481 e. The molecule has 1 N–H and O–H groups in total. The van der Waals surface area contributed by atoms with E-state index in [-0.39, 0.29) is 6.20 Å². The van der Waals surface area contributed by atoms with Gasteiger partial charge in [-0.3, -0.25) is 9.78 Å². The maximum atomic E-state index is 12.6. The van der Waals surface area contributed by atoms with Crippen LogP contribution in [0.3, 0.4) is 0 Å². The molecule has 0 unspecified atom stereocenters. The third-order valence-corrected chi connectivity index (χ3v) is 2.16. The number of halogens is 5. The Bertz CT molecular complexity index is 548. The highest BCUT2D eigenvalue weighted by Gasteiger charge is 2.37. The number of carbonyl (C=O) groups is 1. The number of nitrogens with zero attached hydrogens (tertiary/aromatic N) is 2. The molecule has 0 fully saturated rings. The number of pyridine rings is 1. The molecule has 0 aliphatic carbocycles. The van der Waals surface area contributed by atoms with Gasteiger partial charge in [-0.15, -0.1) is 0 Å². The van der Waals surface area contributed by atoms with Crippen molar-refractivity contribution in [3.05, 3.63) is 28.6 Å².